The van der Waals surface area contributed by atoms with Gasteiger partial charge in [0.25, 0.3) is 0 Å². The highest BCUT2D eigenvalue weighted by molar-refractivity contribution is 5.90. The molecule has 0 aromatic carbocycles. The second kappa shape index (κ2) is 8.66. The molecule has 0 saturated carbocycles. The van der Waals surface area contributed by atoms with Crippen molar-refractivity contribution in [3.05, 3.63) is 59.2 Å². The number of ether oxygens (including phenoxy) is 2. The van der Waals surface area contributed by atoms with Gasteiger partial charge in [-0.15, -0.1) is 0 Å². The topological polar surface area (TPSA) is 61.3 Å². The fourth-order valence-corrected chi connectivity index (χ4v) is 2.55. The number of ketones is 1. The molecule has 2 heterocycles. The fraction of sp³-hybridized carbons (Fsp3) is 0.421. The summed E-state index contributed by atoms with van der Waals surface area (Å²) in [5, 5.41) is 0. The van der Waals surface area contributed by atoms with E-state index < -0.39 is 0 Å². The third-order valence-electron chi connectivity index (χ3n) is 4.13. The Morgan fingerprint density at radius 2 is 1.29 bits per heavy atom. The van der Waals surface area contributed by atoms with Gasteiger partial charge in [0, 0.05) is 38.4 Å². The molecule has 0 amide bonds. The van der Waals surface area contributed by atoms with E-state index in [1.165, 1.54) is 0 Å². The number of hydrogen-bond donors (Lipinski definition) is 0. The summed E-state index contributed by atoms with van der Waals surface area (Å²) in [5.41, 5.74) is 3.53. The van der Waals surface area contributed by atoms with Gasteiger partial charge >= 0.3 is 0 Å². The number of nitrogens with zero attached hydrogens (tertiary/aromatic N) is 2. The number of carbonyl (C=O) groups is 1. The normalized spacial score (nSPS) is 13.5. The lowest BCUT2D eigenvalue weighted by molar-refractivity contribution is -0.121. The Balaban J connectivity index is 2.08. The van der Waals surface area contributed by atoms with E-state index in [0.717, 1.165) is 22.5 Å². The van der Waals surface area contributed by atoms with Gasteiger partial charge in [-0.05, 0) is 23.3 Å². The van der Waals surface area contributed by atoms with Gasteiger partial charge in [0.05, 0.1) is 24.6 Å². The zero-order valence-corrected chi connectivity index (χ0v) is 14.7. The van der Waals surface area contributed by atoms with Gasteiger partial charge < -0.3 is 9.47 Å². The standard InChI is InChI=1S/C19H24N2O3/c1-13(15-5-7-17(11-23-3)20-9-15)19(22)14(2)16-6-8-18(12-24-4)21-10-16/h5-10,13-14H,11-12H2,1-4H3. The Hall–Kier alpha value is -2.11. The molecule has 0 aliphatic rings. The van der Waals surface area contributed by atoms with Crippen LogP contribution >= 0.6 is 0 Å². The molecule has 2 atom stereocenters. The van der Waals surface area contributed by atoms with Crippen LogP contribution in [-0.4, -0.2) is 30.0 Å². The lowest BCUT2D eigenvalue weighted by Gasteiger charge is -2.17. The van der Waals surface area contributed by atoms with E-state index in [4.69, 9.17) is 9.47 Å². The lowest BCUT2D eigenvalue weighted by Crippen LogP contribution is -2.17. The first-order valence-electron chi connectivity index (χ1n) is 7.98. The van der Waals surface area contributed by atoms with Crippen LogP contribution in [0.1, 0.15) is 48.2 Å². The zero-order valence-electron chi connectivity index (χ0n) is 14.7. The van der Waals surface area contributed by atoms with Crippen molar-refractivity contribution in [1.82, 2.24) is 9.97 Å². The maximum absolute atomic E-state index is 12.8. The van der Waals surface area contributed by atoms with Gasteiger partial charge in [0.2, 0.25) is 0 Å². The molecule has 0 aliphatic carbocycles. The highest BCUT2D eigenvalue weighted by Crippen LogP contribution is 2.25. The molecule has 0 N–H and O–H groups in total. The first kappa shape index (κ1) is 18.2. The Morgan fingerprint density at radius 3 is 1.58 bits per heavy atom. The molecule has 2 aromatic heterocycles. The molecule has 128 valence electrons. The first-order chi connectivity index (χ1) is 11.6. The Kier molecular flexibility index (Phi) is 6.58. The van der Waals surface area contributed by atoms with E-state index in [0.29, 0.717) is 13.2 Å². The maximum atomic E-state index is 12.8. The number of rotatable bonds is 8. The van der Waals surface area contributed by atoms with Crippen molar-refractivity contribution < 1.29 is 14.3 Å². The molecule has 24 heavy (non-hydrogen) atoms. The monoisotopic (exact) mass is 328 g/mol. The molecule has 5 heteroatoms. The Labute approximate surface area is 143 Å². The van der Waals surface area contributed by atoms with Crippen molar-refractivity contribution in [1.29, 1.82) is 0 Å². The van der Waals surface area contributed by atoms with Crippen LogP contribution in [0.15, 0.2) is 36.7 Å². The summed E-state index contributed by atoms with van der Waals surface area (Å²) >= 11 is 0. The first-order valence-corrected chi connectivity index (χ1v) is 7.98. The molecule has 0 fully saturated rings. The lowest BCUT2D eigenvalue weighted by atomic mass is 9.87. The average Bonchev–Trinajstić information content (AvgIpc) is 2.62. The molecular formula is C19H24N2O3. The molecule has 0 radical (unpaired) electrons. The Bertz CT molecular complexity index is 596. The largest absolute Gasteiger partial charge is 0.378 e. The fourth-order valence-electron chi connectivity index (χ4n) is 2.55. The summed E-state index contributed by atoms with van der Waals surface area (Å²) in [6, 6.07) is 7.68. The second-order valence-electron chi connectivity index (χ2n) is 5.88. The summed E-state index contributed by atoms with van der Waals surface area (Å²) in [4.78, 5) is 21.4. The van der Waals surface area contributed by atoms with Crippen LogP contribution in [0.5, 0.6) is 0 Å². The van der Waals surface area contributed by atoms with E-state index in [9.17, 15) is 4.79 Å². The van der Waals surface area contributed by atoms with Crippen molar-refractivity contribution in [3.63, 3.8) is 0 Å². The number of methoxy groups -OCH3 is 2. The zero-order chi connectivity index (χ0) is 17.5. The van der Waals surface area contributed by atoms with Crippen molar-refractivity contribution in [2.75, 3.05) is 14.2 Å². The average molecular weight is 328 g/mol. The van der Waals surface area contributed by atoms with Crippen molar-refractivity contribution in [2.45, 2.75) is 38.9 Å². The highest BCUT2D eigenvalue weighted by Gasteiger charge is 2.23. The van der Waals surface area contributed by atoms with E-state index in [1.807, 2.05) is 38.1 Å². The third-order valence-corrected chi connectivity index (χ3v) is 4.13. The van der Waals surface area contributed by atoms with Gasteiger partial charge in [0.1, 0.15) is 5.78 Å². The van der Waals surface area contributed by atoms with Crippen LogP contribution in [0.2, 0.25) is 0 Å². The summed E-state index contributed by atoms with van der Waals surface area (Å²) < 4.78 is 10.1. The number of Topliss-reactive ketones (excluding diaryl/α,β-unsaturated/α-hetero) is 1. The second-order valence-corrected chi connectivity index (χ2v) is 5.88. The smallest absolute Gasteiger partial charge is 0.147 e. The van der Waals surface area contributed by atoms with Crippen molar-refractivity contribution >= 4 is 5.78 Å². The minimum Gasteiger partial charge on any atom is -0.378 e. The van der Waals surface area contributed by atoms with Crippen molar-refractivity contribution in [2.24, 2.45) is 0 Å². The van der Waals surface area contributed by atoms with E-state index >= 15 is 0 Å². The summed E-state index contributed by atoms with van der Waals surface area (Å²) in [6.07, 6.45) is 3.51. The van der Waals surface area contributed by atoms with Crippen molar-refractivity contribution in [3.8, 4) is 0 Å². The highest BCUT2D eigenvalue weighted by atomic mass is 16.5. The van der Waals surface area contributed by atoms with E-state index in [-0.39, 0.29) is 17.6 Å². The van der Waals surface area contributed by atoms with Crippen LogP contribution < -0.4 is 0 Å². The summed E-state index contributed by atoms with van der Waals surface area (Å²) in [6.45, 7) is 4.77. The molecular weight excluding hydrogens is 304 g/mol. The van der Waals surface area contributed by atoms with Gasteiger partial charge in [-0.2, -0.15) is 0 Å². The van der Waals surface area contributed by atoms with Gasteiger partial charge in [0.15, 0.2) is 0 Å². The quantitative estimate of drug-likeness (QED) is 0.744. The van der Waals surface area contributed by atoms with Gasteiger partial charge in [-0.3, -0.25) is 14.8 Å². The number of hydrogen-bond acceptors (Lipinski definition) is 5. The van der Waals surface area contributed by atoms with Crippen LogP contribution in [0.25, 0.3) is 0 Å². The summed E-state index contributed by atoms with van der Waals surface area (Å²) in [5.74, 6) is -0.289. The van der Waals surface area contributed by atoms with Crippen LogP contribution in [0, 0.1) is 0 Å². The van der Waals surface area contributed by atoms with Crippen LogP contribution in [0.4, 0.5) is 0 Å². The summed E-state index contributed by atoms with van der Waals surface area (Å²) in [7, 11) is 3.27. The molecule has 0 spiro atoms. The third kappa shape index (κ3) is 4.46. The predicted octanol–water partition coefficient (Wildman–Crippen LogP) is 3.25. The van der Waals surface area contributed by atoms with E-state index in [2.05, 4.69) is 9.97 Å². The van der Waals surface area contributed by atoms with Gasteiger partial charge in [-0.25, -0.2) is 0 Å². The number of carbonyl (C=O) groups excluding carboxylic acids is 1. The minimum atomic E-state index is -0.220. The SMILES string of the molecule is COCc1ccc(C(C)C(=O)C(C)c2ccc(COC)nc2)cn1. The molecule has 0 saturated heterocycles. The molecule has 0 bridgehead atoms. The molecule has 2 rings (SSSR count). The predicted molar refractivity (Wildman–Crippen MR) is 91.7 cm³/mol. The molecule has 5 nitrogen and oxygen atoms in total. The molecule has 0 aliphatic heterocycles. The number of pyridine rings is 2. The van der Waals surface area contributed by atoms with Crippen LogP contribution in [-0.2, 0) is 27.5 Å². The Morgan fingerprint density at radius 1 is 0.875 bits per heavy atom. The minimum absolute atomic E-state index is 0.151. The van der Waals surface area contributed by atoms with Crippen LogP contribution in [0.3, 0.4) is 0 Å². The number of aromatic nitrogens is 2. The van der Waals surface area contributed by atoms with E-state index in [1.54, 1.807) is 26.6 Å². The molecule has 2 aromatic rings. The molecule has 2 unspecified atom stereocenters. The maximum Gasteiger partial charge on any atom is 0.147 e. The van der Waals surface area contributed by atoms with Gasteiger partial charge in [-0.1, -0.05) is 26.0 Å².